The molecule has 0 aromatic heterocycles. The van der Waals surface area contributed by atoms with Crippen molar-refractivity contribution in [3.8, 4) is 11.8 Å². The van der Waals surface area contributed by atoms with Gasteiger partial charge >= 0.3 is 11.9 Å². The molecule has 1 unspecified atom stereocenters. The Morgan fingerprint density at radius 2 is 2.15 bits per heavy atom. The van der Waals surface area contributed by atoms with Crippen molar-refractivity contribution in [2.24, 2.45) is 0 Å². The van der Waals surface area contributed by atoms with E-state index in [0.29, 0.717) is 0 Å². The van der Waals surface area contributed by atoms with Crippen molar-refractivity contribution in [1.82, 2.24) is 0 Å². The number of hydrogen-bond acceptors (Lipinski definition) is 3. The highest BCUT2D eigenvalue weighted by atomic mass is 19.1. The first-order valence-corrected chi connectivity index (χ1v) is 6.05. The third-order valence-corrected chi connectivity index (χ3v) is 2.84. The van der Waals surface area contributed by atoms with Crippen LogP contribution in [0.1, 0.15) is 25.8 Å². The molecule has 1 rings (SSSR count). The van der Waals surface area contributed by atoms with Crippen LogP contribution >= 0.6 is 0 Å². The maximum absolute atomic E-state index is 13.4. The monoisotopic (exact) mass is 278 g/mol. The Hall–Kier alpha value is -2.35. The number of hydrogen-bond donors (Lipinski definition) is 1. The van der Waals surface area contributed by atoms with E-state index in [0.717, 1.165) is 6.07 Å². The van der Waals surface area contributed by atoms with E-state index in [2.05, 4.69) is 11.8 Å². The molecule has 0 heterocycles. The quantitative estimate of drug-likeness (QED) is 0.509. The molecule has 1 aromatic carbocycles. The number of carbonyl (C=O) groups is 2. The zero-order valence-corrected chi connectivity index (χ0v) is 11.3. The fourth-order valence-electron chi connectivity index (χ4n) is 1.81. The fourth-order valence-corrected chi connectivity index (χ4v) is 1.81. The van der Waals surface area contributed by atoms with Crippen molar-refractivity contribution >= 4 is 11.9 Å². The van der Waals surface area contributed by atoms with Gasteiger partial charge < -0.3 is 9.84 Å². The highest BCUT2D eigenvalue weighted by molar-refractivity contribution is 6.06. The van der Waals surface area contributed by atoms with Crippen molar-refractivity contribution in [3.05, 3.63) is 35.6 Å². The molecule has 1 N–H and O–H groups in total. The normalized spacial score (nSPS) is 12.8. The number of carboxylic acids is 1. The molecular formula is C15H15FO4. The van der Waals surface area contributed by atoms with Crippen LogP contribution in [0.15, 0.2) is 24.3 Å². The third kappa shape index (κ3) is 2.97. The molecule has 5 heteroatoms. The van der Waals surface area contributed by atoms with Gasteiger partial charge in [-0.05, 0) is 31.5 Å². The number of halogens is 1. The van der Waals surface area contributed by atoms with Crippen LogP contribution in [-0.4, -0.2) is 23.7 Å². The first-order chi connectivity index (χ1) is 9.48. The zero-order chi connectivity index (χ0) is 15.2. The van der Waals surface area contributed by atoms with Crippen LogP contribution in [0.4, 0.5) is 4.39 Å². The second-order valence-corrected chi connectivity index (χ2v) is 4.04. The Morgan fingerprint density at radius 3 is 2.65 bits per heavy atom. The predicted octanol–water partition coefficient (Wildman–Crippen LogP) is 2.12. The minimum absolute atomic E-state index is 0.0196. The van der Waals surface area contributed by atoms with Gasteiger partial charge in [-0.1, -0.05) is 12.1 Å². The summed E-state index contributed by atoms with van der Waals surface area (Å²) >= 11 is 0. The average molecular weight is 278 g/mol. The lowest BCUT2D eigenvalue weighted by molar-refractivity contribution is -0.161. The fraction of sp³-hybridized carbons (Fsp3) is 0.333. The van der Waals surface area contributed by atoms with E-state index in [1.54, 1.807) is 6.92 Å². The van der Waals surface area contributed by atoms with Gasteiger partial charge in [-0.25, -0.2) is 4.39 Å². The van der Waals surface area contributed by atoms with Crippen molar-refractivity contribution in [1.29, 1.82) is 0 Å². The summed E-state index contributed by atoms with van der Waals surface area (Å²) in [5.41, 5.74) is -1.99. The van der Waals surface area contributed by atoms with Crippen LogP contribution in [0.2, 0.25) is 0 Å². The Labute approximate surface area is 116 Å². The van der Waals surface area contributed by atoms with Gasteiger partial charge in [0.25, 0.3) is 0 Å². The molecule has 4 nitrogen and oxygen atoms in total. The summed E-state index contributed by atoms with van der Waals surface area (Å²) in [6.45, 7) is 3.13. The average Bonchev–Trinajstić information content (AvgIpc) is 2.39. The van der Waals surface area contributed by atoms with Crippen LogP contribution in [0.3, 0.4) is 0 Å². The lowest BCUT2D eigenvalue weighted by atomic mass is 9.77. The SMILES string of the molecule is CC#CCC(C(=O)O)(C(=O)OCC)c1cccc(F)c1. The van der Waals surface area contributed by atoms with Crippen LogP contribution in [0.25, 0.3) is 0 Å². The van der Waals surface area contributed by atoms with E-state index >= 15 is 0 Å². The highest BCUT2D eigenvalue weighted by Crippen LogP contribution is 2.30. The Bertz CT molecular complexity index is 571. The molecule has 0 aliphatic rings. The van der Waals surface area contributed by atoms with E-state index in [9.17, 15) is 19.1 Å². The van der Waals surface area contributed by atoms with Crippen LogP contribution in [-0.2, 0) is 19.7 Å². The largest absolute Gasteiger partial charge is 0.480 e. The molecule has 1 atom stereocenters. The smallest absolute Gasteiger partial charge is 0.329 e. The molecule has 0 amide bonds. The van der Waals surface area contributed by atoms with Gasteiger partial charge in [-0.2, -0.15) is 0 Å². The molecule has 106 valence electrons. The predicted molar refractivity (Wildman–Crippen MR) is 70.4 cm³/mol. The number of carbonyl (C=O) groups excluding carboxylic acids is 1. The molecule has 0 saturated heterocycles. The molecule has 0 saturated carbocycles. The summed E-state index contributed by atoms with van der Waals surface area (Å²) in [4.78, 5) is 23.8. The summed E-state index contributed by atoms with van der Waals surface area (Å²) in [5, 5.41) is 9.50. The molecular weight excluding hydrogens is 263 g/mol. The van der Waals surface area contributed by atoms with E-state index in [1.165, 1.54) is 25.1 Å². The summed E-state index contributed by atoms with van der Waals surface area (Å²) in [5.74, 6) is 2.14. The van der Waals surface area contributed by atoms with Crippen molar-refractivity contribution in [3.63, 3.8) is 0 Å². The van der Waals surface area contributed by atoms with Gasteiger partial charge in [0.15, 0.2) is 0 Å². The van der Waals surface area contributed by atoms with E-state index in [1.807, 2.05) is 0 Å². The highest BCUT2D eigenvalue weighted by Gasteiger charge is 2.49. The molecule has 1 aromatic rings. The molecule has 20 heavy (non-hydrogen) atoms. The molecule has 0 fully saturated rings. The van der Waals surface area contributed by atoms with Crippen molar-refractivity contribution in [2.75, 3.05) is 6.61 Å². The number of carboxylic acid groups (broad SMARTS) is 1. The second-order valence-electron chi connectivity index (χ2n) is 4.04. The van der Waals surface area contributed by atoms with E-state index in [4.69, 9.17) is 4.74 Å². The molecule has 0 aliphatic heterocycles. The van der Waals surface area contributed by atoms with E-state index < -0.39 is 23.2 Å². The number of aliphatic carboxylic acids is 1. The number of esters is 1. The minimum Gasteiger partial charge on any atom is -0.480 e. The lowest BCUT2D eigenvalue weighted by Gasteiger charge is -2.25. The third-order valence-electron chi connectivity index (χ3n) is 2.84. The standard InChI is InChI=1S/C15H15FO4/c1-3-5-9-15(13(17)18,14(19)20-4-2)11-7-6-8-12(16)10-11/h6-8,10H,4,9H2,1-2H3,(H,17,18). The molecule has 0 aliphatic carbocycles. The van der Waals surface area contributed by atoms with Gasteiger partial charge in [0.05, 0.1) is 6.61 Å². The summed E-state index contributed by atoms with van der Waals surface area (Å²) in [7, 11) is 0. The van der Waals surface area contributed by atoms with Crippen molar-refractivity contribution < 1.29 is 23.8 Å². The zero-order valence-electron chi connectivity index (χ0n) is 11.3. The molecule has 0 radical (unpaired) electrons. The first-order valence-electron chi connectivity index (χ1n) is 6.05. The van der Waals surface area contributed by atoms with Gasteiger partial charge in [0.2, 0.25) is 5.41 Å². The van der Waals surface area contributed by atoms with Crippen LogP contribution in [0.5, 0.6) is 0 Å². The number of rotatable bonds is 5. The molecule has 0 spiro atoms. The Balaban J connectivity index is 3.46. The van der Waals surface area contributed by atoms with Crippen LogP contribution in [0, 0.1) is 17.7 Å². The number of benzene rings is 1. The maximum atomic E-state index is 13.4. The molecule has 0 bridgehead atoms. The maximum Gasteiger partial charge on any atom is 0.329 e. The van der Waals surface area contributed by atoms with Gasteiger partial charge in [0.1, 0.15) is 5.82 Å². The van der Waals surface area contributed by atoms with Gasteiger partial charge in [-0.15, -0.1) is 11.8 Å². The minimum atomic E-state index is -2.01. The van der Waals surface area contributed by atoms with Crippen molar-refractivity contribution in [2.45, 2.75) is 25.7 Å². The topological polar surface area (TPSA) is 63.6 Å². The summed E-state index contributed by atoms with van der Waals surface area (Å²) in [6.07, 6.45) is -0.277. The van der Waals surface area contributed by atoms with Crippen LogP contribution < -0.4 is 0 Å². The number of ether oxygens (including phenoxy) is 1. The summed E-state index contributed by atoms with van der Waals surface area (Å²) < 4.78 is 18.2. The Morgan fingerprint density at radius 1 is 1.45 bits per heavy atom. The van der Waals surface area contributed by atoms with Gasteiger partial charge in [0, 0.05) is 6.42 Å². The lowest BCUT2D eigenvalue weighted by Crippen LogP contribution is -2.45. The van der Waals surface area contributed by atoms with E-state index in [-0.39, 0.29) is 18.6 Å². The van der Waals surface area contributed by atoms with Gasteiger partial charge in [-0.3, -0.25) is 9.59 Å². The summed E-state index contributed by atoms with van der Waals surface area (Å²) in [6, 6.07) is 4.92. The Kier molecular flexibility index (Phi) is 5.27. The first kappa shape index (κ1) is 15.7. The second kappa shape index (κ2) is 6.71.